The van der Waals surface area contributed by atoms with Crippen molar-refractivity contribution in [1.29, 1.82) is 0 Å². The lowest BCUT2D eigenvalue weighted by Gasteiger charge is -2.36. The summed E-state index contributed by atoms with van der Waals surface area (Å²) in [5.74, 6) is 4.30. The number of unbranched alkanes of at least 4 members (excludes halogenated alkanes) is 12. The second-order valence-corrected chi connectivity index (χ2v) is 29.9. The number of rotatable bonds is 45. The van der Waals surface area contributed by atoms with E-state index in [9.17, 15) is 38.4 Å². The largest absolute Gasteiger partial charge is 0.356 e. The van der Waals surface area contributed by atoms with Crippen LogP contribution in [0.4, 0.5) is 27.4 Å². The number of fused-ring (bicyclic) bond motifs is 2. The molecular weight excluding hydrogens is 1250 g/mol. The maximum Gasteiger partial charge on any atom is 0.315 e. The van der Waals surface area contributed by atoms with Crippen molar-refractivity contribution in [2.24, 2.45) is 5.73 Å². The summed E-state index contributed by atoms with van der Waals surface area (Å²) in [6.45, 7) is 8.65. The Morgan fingerprint density at radius 1 is 0.389 bits per heavy atom. The van der Waals surface area contributed by atoms with Gasteiger partial charge in [0.05, 0.1) is 24.2 Å². The summed E-state index contributed by atoms with van der Waals surface area (Å²) < 4.78 is 0. The number of hydrogen-bond acceptors (Lipinski definition) is 18. The number of anilines is 3. The molecule has 28 heteroatoms. The molecule has 0 spiro atoms. The fraction of sp³-hybridized carbons (Fsp3) is 0.836. The Hall–Kier alpha value is -5.61. The highest BCUT2D eigenvalue weighted by atomic mass is 32.2. The maximum atomic E-state index is 13.1. The van der Waals surface area contributed by atoms with Gasteiger partial charge in [-0.15, -0.1) is 0 Å². The molecule has 0 aromatic carbocycles. The molecule has 0 radical (unpaired) electrons. The number of carbonyl (C=O) groups is 8. The highest BCUT2D eigenvalue weighted by Crippen LogP contribution is 2.35. The summed E-state index contributed by atoms with van der Waals surface area (Å²) in [6, 6.07) is 1.02. The van der Waals surface area contributed by atoms with Crippen molar-refractivity contribution in [2.45, 2.75) is 265 Å². The topological polar surface area (TPSA) is 343 Å². The fourth-order valence-electron chi connectivity index (χ4n) is 14.0. The van der Waals surface area contributed by atoms with Crippen LogP contribution in [0.5, 0.6) is 0 Å². The van der Waals surface area contributed by atoms with Crippen LogP contribution in [0.2, 0.25) is 0 Å². The number of thioether (sulfide) groups is 2. The van der Waals surface area contributed by atoms with E-state index in [4.69, 9.17) is 20.7 Å². The van der Waals surface area contributed by atoms with Crippen molar-refractivity contribution in [3.05, 3.63) is 0 Å². The van der Waals surface area contributed by atoms with Gasteiger partial charge in [0.1, 0.15) is 0 Å². The molecule has 13 N–H and O–H groups in total. The minimum absolute atomic E-state index is 0.0388. The Kier molecular flexibility index (Phi) is 33.4. The summed E-state index contributed by atoms with van der Waals surface area (Å²) >= 11 is 3.82. The summed E-state index contributed by atoms with van der Waals surface area (Å²) in [4.78, 5) is 121. The molecule has 6 unspecified atom stereocenters. The zero-order valence-corrected chi connectivity index (χ0v) is 58.4. The first-order valence-electron chi connectivity index (χ1n) is 36.8. The molecule has 26 nitrogen and oxygen atoms in total. The number of nitrogens with zero attached hydrogens (tertiary/aromatic N) is 6. The van der Waals surface area contributed by atoms with Crippen LogP contribution in [0.3, 0.4) is 0 Å². The number of piperidine rings is 3. The van der Waals surface area contributed by atoms with Crippen molar-refractivity contribution >= 4 is 88.9 Å². The van der Waals surface area contributed by atoms with Gasteiger partial charge < -0.3 is 78.9 Å². The summed E-state index contributed by atoms with van der Waals surface area (Å²) in [7, 11) is 0. The maximum absolute atomic E-state index is 13.1. The minimum Gasteiger partial charge on any atom is -0.356 e. The molecule has 7 fully saturated rings. The smallest absolute Gasteiger partial charge is 0.315 e. The third-order valence-electron chi connectivity index (χ3n) is 19.7. The van der Waals surface area contributed by atoms with Crippen molar-refractivity contribution in [1.82, 2.24) is 73.4 Å². The van der Waals surface area contributed by atoms with Crippen LogP contribution in [0, 0.1) is 0 Å². The van der Waals surface area contributed by atoms with Gasteiger partial charge in [-0.3, -0.25) is 28.8 Å². The van der Waals surface area contributed by atoms with Crippen molar-refractivity contribution in [3.63, 3.8) is 0 Å². The quantitative estimate of drug-likeness (QED) is 0.0306. The summed E-state index contributed by atoms with van der Waals surface area (Å²) in [6.07, 6.45) is 27.0. The first-order chi connectivity index (χ1) is 46.3. The second-order valence-electron chi connectivity index (χ2n) is 27.3. The van der Waals surface area contributed by atoms with Gasteiger partial charge in [0.2, 0.25) is 53.3 Å². The molecule has 10 amide bonds. The van der Waals surface area contributed by atoms with Crippen molar-refractivity contribution in [2.75, 3.05) is 105 Å². The molecule has 1 aromatic heterocycles. The molecule has 7 saturated heterocycles. The van der Waals surface area contributed by atoms with E-state index >= 15 is 0 Å². The Bertz CT molecular complexity index is 2540. The van der Waals surface area contributed by atoms with E-state index in [0.29, 0.717) is 132 Å². The first-order valence-corrected chi connectivity index (χ1v) is 38.9. The van der Waals surface area contributed by atoms with Gasteiger partial charge in [0, 0.05) is 138 Å². The summed E-state index contributed by atoms with van der Waals surface area (Å²) in [5.41, 5.74) is 5.65. The Labute approximate surface area is 573 Å². The van der Waals surface area contributed by atoms with Gasteiger partial charge in [0.15, 0.2) is 0 Å². The van der Waals surface area contributed by atoms with Gasteiger partial charge >= 0.3 is 12.1 Å². The number of nitrogens with two attached hydrogens (primary N) is 1. The molecule has 7 aliphatic heterocycles. The highest BCUT2D eigenvalue weighted by Gasteiger charge is 2.44. The zero-order valence-electron chi connectivity index (χ0n) is 56.8. The van der Waals surface area contributed by atoms with Crippen LogP contribution in [0.1, 0.15) is 212 Å². The Balaban J connectivity index is 0.648. The standard InChI is InChI=1S/C67H116N18O8S2/c68-34-14-1-6-25-58(89)73-48-28-40-83(41-29-48)63-80-64(84-42-30-49(31-43-84)74-59(90)26-8-2-15-35-69-36-16-5-19-39-72-57(88)24-13-11-21-54-62-52(47-95-54)77-67(93)79-62)82-65(81-63)85-44-32-50(33-45-85)75-60(91)27-9-4-18-38-70-55(86)22-7-3-17-37-71-56(87)23-12-10-20-53-61-51(46-94-53)76-66(92)78-61/h48-54,61-62,69H,1-47,68H2,(H,70,86)(H,71,87)(H,72,88)(H,73,89)(H,74,90)(H,75,91)(H2,76,78,92)(H2,77,79,93). The predicted molar refractivity (Wildman–Crippen MR) is 377 cm³/mol. The summed E-state index contributed by atoms with van der Waals surface area (Å²) in [5, 5.41) is 35.3. The average molecular weight is 1370 g/mol. The molecule has 0 aliphatic carbocycles. The number of urea groups is 2. The third-order valence-corrected chi connectivity index (χ3v) is 22.7. The van der Waals surface area contributed by atoms with Gasteiger partial charge in [0.25, 0.3) is 0 Å². The van der Waals surface area contributed by atoms with Crippen LogP contribution >= 0.6 is 23.5 Å². The molecular formula is C67H116N18O8S2. The van der Waals surface area contributed by atoms with E-state index in [2.05, 4.69) is 73.2 Å². The lowest BCUT2D eigenvalue weighted by molar-refractivity contribution is -0.122. The van der Waals surface area contributed by atoms with Crippen LogP contribution in [0.15, 0.2) is 0 Å². The number of carbonyl (C=O) groups excluding carboxylic acids is 8. The number of aromatic nitrogens is 3. The zero-order chi connectivity index (χ0) is 66.8. The van der Waals surface area contributed by atoms with E-state index in [1.54, 1.807) is 0 Å². The SMILES string of the molecule is NCCCCCC(=O)NC1CCN(c2nc(N3CCC(NC(=O)CCCCCNCCCCCNC(=O)CCCCC4SCC5NC(=O)NC54)CC3)nc(N3CCC(NC(=O)CCCCCNC(=O)CCCCCNC(=O)CCCCC4SCC5NC(=O)NC54)CC3)n2)CC1. The molecule has 8 rings (SSSR count). The van der Waals surface area contributed by atoms with Crippen LogP contribution in [0.25, 0.3) is 0 Å². The highest BCUT2D eigenvalue weighted by molar-refractivity contribution is 8.00. The van der Waals surface area contributed by atoms with E-state index in [0.717, 1.165) is 198 Å². The van der Waals surface area contributed by atoms with Crippen molar-refractivity contribution in [3.8, 4) is 0 Å². The Morgan fingerprint density at radius 2 is 0.695 bits per heavy atom. The average Bonchev–Trinajstić information content (AvgIpc) is 1.78. The second kappa shape index (κ2) is 42.3. The van der Waals surface area contributed by atoms with Gasteiger partial charge in [-0.1, -0.05) is 44.9 Å². The molecule has 95 heavy (non-hydrogen) atoms. The lowest BCUT2D eigenvalue weighted by atomic mass is 10.0. The number of nitrogens with one attached hydrogen (secondary N) is 11. The molecule has 6 atom stereocenters. The van der Waals surface area contributed by atoms with E-state index in [1.165, 1.54) is 0 Å². The predicted octanol–water partition coefficient (Wildman–Crippen LogP) is 4.89. The van der Waals surface area contributed by atoms with Gasteiger partial charge in [-0.2, -0.15) is 38.5 Å². The number of hydrogen-bond donors (Lipinski definition) is 12. The third kappa shape index (κ3) is 27.3. The molecule has 0 saturated carbocycles. The first kappa shape index (κ1) is 75.2. The normalized spacial score (nSPS) is 22.1. The van der Waals surface area contributed by atoms with Crippen molar-refractivity contribution < 1.29 is 38.4 Å². The van der Waals surface area contributed by atoms with E-state index in [-0.39, 0.29) is 89.8 Å². The molecule has 1 aromatic rings. The van der Waals surface area contributed by atoms with Crippen LogP contribution < -0.4 is 78.9 Å². The lowest BCUT2D eigenvalue weighted by Crippen LogP contribution is -2.47. The van der Waals surface area contributed by atoms with Crippen LogP contribution in [-0.4, -0.2) is 205 Å². The Morgan fingerprint density at radius 3 is 1.04 bits per heavy atom. The van der Waals surface area contributed by atoms with Gasteiger partial charge in [-0.25, -0.2) is 9.59 Å². The van der Waals surface area contributed by atoms with Gasteiger partial charge in [-0.05, 0) is 148 Å². The monoisotopic (exact) mass is 1360 g/mol. The molecule has 8 heterocycles. The van der Waals surface area contributed by atoms with Crippen LogP contribution in [-0.2, 0) is 28.8 Å². The molecule has 0 bridgehead atoms. The number of amides is 10. The van der Waals surface area contributed by atoms with E-state index in [1.807, 2.05) is 23.5 Å². The fourth-order valence-corrected chi connectivity index (χ4v) is 17.1. The van der Waals surface area contributed by atoms with E-state index < -0.39 is 0 Å². The molecule has 7 aliphatic rings. The molecule has 534 valence electrons. The minimum atomic E-state index is -0.0688.